The number of hydrogen-bond acceptors (Lipinski definition) is 2. The van der Waals surface area contributed by atoms with E-state index in [0.29, 0.717) is 23.3 Å². The van der Waals surface area contributed by atoms with E-state index in [1.165, 1.54) is 0 Å². The Labute approximate surface area is 107 Å². The molecule has 0 saturated heterocycles. The van der Waals surface area contributed by atoms with Crippen molar-refractivity contribution >= 4 is 21.9 Å². The van der Waals surface area contributed by atoms with Gasteiger partial charge in [0.2, 0.25) is 0 Å². The van der Waals surface area contributed by atoms with Crippen molar-refractivity contribution in [3.05, 3.63) is 11.6 Å². The lowest BCUT2D eigenvalue weighted by molar-refractivity contribution is -0.138. The van der Waals surface area contributed by atoms with Crippen LogP contribution in [0.25, 0.3) is 0 Å². The zero-order valence-corrected chi connectivity index (χ0v) is 11.9. The minimum Gasteiger partial charge on any atom is -0.463 e. The molecule has 3 heteroatoms. The normalized spacial score (nSPS) is 29.8. The molecule has 0 amide bonds. The molecule has 0 radical (unpaired) electrons. The number of allylic oxidation sites excluding steroid dienone is 1. The minimum atomic E-state index is -0.130. The molecule has 1 aliphatic carbocycles. The van der Waals surface area contributed by atoms with Crippen LogP contribution in [0.4, 0.5) is 0 Å². The second-order valence-electron chi connectivity index (χ2n) is 4.47. The first-order chi connectivity index (χ1) is 7.60. The minimum absolute atomic E-state index is 0.130. The lowest BCUT2D eigenvalue weighted by atomic mass is 9.81. The fourth-order valence-electron chi connectivity index (χ4n) is 2.31. The SMILES string of the molecule is CCC[C@@H]1CC(C(=O)OCC)=C[C@H](C)[C@@H]1Br. The molecule has 0 aromatic carbocycles. The monoisotopic (exact) mass is 288 g/mol. The van der Waals surface area contributed by atoms with Gasteiger partial charge in [-0.05, 0) is 31.6 Å². The molecule has 0 aromatic rings. The summed E-state index contributed by atoms with van der Waals surface area (Å²) < 4.78 is 5.07. The second-order valence-corrected chi connectivity index (χ2v) is 5.53. The van der Waals surface area contributed by atoms with Gasteiger partial charge in [0.15, 0.2) is 0 Å². The van der Waals surface area contributed by atoms with Crippen LogP contribution in [0.2, 0.25) is 0 Å². The first-order valence-electron chi connectivity index (χ1n) is 6.12. The highest BCUT2D eigenvalue weighted by atomic mass is 79.9. The van der Waals surface area contributed by atoms with Crippen molar-refractivity contribution in [2.45, 2.75) is 44.9 Å². The summed E-state index contributed by atoms with van der Waals surface area (Å²) in [7, 11) is 0. The van der Waals surface area contributed by atoms with Crippen molar-refractivity contribution in [3.63, 3.8) is 0 Å². The van der Waals surface area contributed by atoms with E-state index in [4.69, 9.17) is 4.74 Å². The maximum atomic E-state index is 11.7. The van der Waals surface area contributed by atoms with Gasteiger partial charge in [-0.1, -0.05) is 42.3 Å². The van der Waals surface area contributed by atoms with E-state index in [2.05, 4.69) is 35.9 Å². The Morgan fingerprint density at radius 1 is 1.56 bits per heavy atom. The molecule has 92 valence electrons. The molecule has 0 unspecified atom stereocenters. The summed E-state index contributed by atoms with van der Waals surface area (Å²) in [5.41, 5.74) is 0.864. The maximum Gasteiger partial charge on any atom is 0.333 e. The average Bonchev–Trinajstić information content (AvgIpc) is 2.25. The molecule has 0 heterocycles. The van der Waals surface area contributed by atoms with E-state index in [9.17, 15) is 4.79 Å². The number of hydrogen-bond donors (Lipinski definition) is 0. The summed E-state index contributed by atoms with van der Waals surface area (Å²) in [5.74, 6) is 0.837. The Kier molecular flexibility index (Phi) is 5.53. The molecule has 0 aromatic heterocycles. The van der Waals surface area contributed by atoms with E-state index >= 15 is 0 Å². The van der Waals surface area contributed by atoms with Crippen LogP contribution in [0.3, 0.4) is 0 Å². The van der Waals surface area contributed by atoms with Gasteiger partial charge in [-0.3, -0.25) is 0 Å². The number of ether oxygens (including phenoxy) is 1. The Bertz CT molecular complexity index is 273. The van der Waals surface area contributed by atoms with Crippen LogP contribution in [-0.4, -0.2) is 17.4 Å². The number of carbonyl (C=O) groups excluding carboxylic acids is 1. The van der Waals surface area contributed by atoms with Gasteiger partial charge in [0, 0.05) is 10.4 Å². The van der Waals surface area contributed by atoms with E-state index < -0.39 is 0 Å². The van der Waals surface area contributed by atoms with Gasteiger partial charge in [0.25, 0.3) is 0 Å². The summed E-state index contributed by atoms with van der Waals surface area (Å²) in [5, 5.41) is 0. The van der Waals surface area contributed by atoms with Crippen LogP contribution in [0.15, 0.2) is 11.6 Å². The number of alkyl halides is 1. The van der Waals surface area contributed by atoms with E-state index in [1.807, 2.05) is 6.92 Å². The number of halogens is 1. The van der Waals surface area contributed by atoms with Crippen LogP contribution in [0.1, 0.15) is 40.0 Å². The van der Waals surface area contributed by atoms with Gasteiger partial charge in [-0.2, -0.15) is 0 Å². The average molecular weight is 289 g/mol. The fraction of sp³-hybridized carbons (Fsp3) is 0.769. The smallest absolute Gasteiger partial charge is 0.333 e. The highest BCUT2D eigenvalue weighted by Crippen LogP contribution is 2.36. The third kappa shape index (κ3) is 3.34. The molecule has 2 nitrogen and oxygen atoms in total. The Morgan fingerprint density at radius 3 is 2.81 bits per heavy atom. The molecule has 0 bridgehead atoms. The summed E-state index contributed by atoms with van der Waals surface area (Å²) in [4.78, 5) is 12.2. The Morgan fingerprint density at radius 2 is 2.25 bits per heavy atom. The van der Waals surface area contributed by atoms with Gasteiger partial charge in [-0.25, -0.2) is 4.79 Å². The van der Waals surface area contributed by atoms with E-state index in [0.717, 1.165) is 24.8 Å². The quantitative estimate of drug-likeness (QED) is 0.582. The molecule has 0 aliphatic heterocycles. The maximum absolute atomic E-state index is 11.7. The topological polar surface area (TPSA) is 26.3 Å². The zero-order valence-electron chi connectivity index (χ0n) is 10.3. The van der Waals surface area contributed by atoms with Gasteiger partial charge >= 0.3 is 5.97 Å². The van der Waals surface area contributed by atoms with Crippen LogP contribution in [0.5, 0.6) is 0 Å². The summed E-state index contributed by atoms with van der Waals surface area (Å²) in [6, 6.07) is 0. The summed E-state index contributed by atoms with van der Waals surface area (Å²) in [6.07, 6.45) is 5.24. The second kappa shape index (κ2) is 6.43. The van der Waals surface area contributed by atoms with Crippen LogP contribution < -0.4 is 0 Å². The van der Waals surface area contributed by atoms with Crippen molar-refractivity contribution < 1.29 is 9.53 Å². The first kappa shape index (κ1) is 13.8. The van der Waals surface area contributed by atoms with Crippen molar-refractivity contribution in [1.29, 1.82) is 0 Å². The summed E-state index contributed by atoms with van der Waals surface area (Å²) >= 11 is 3.74. The standard InChI is InChI=1S/C13H21BrO2/c1-4-6-10-8-11(13(15)16-5-2)7-9(3)12(10)14/h7,9-10,12H,4-6,8H2,1-3H3/t9-,10+,12-/m0/s1. The Hall–Kier alpha value is -0.310. The van der Waals surface area contributed by atoms with Gasteiger partial charge in [0.05, 0.1) is 6.61 Å². The molecule has 16 heavy (non-hydrogen) atoms. The van der Waals surface area contributed by atoms with E-state index in [-0.39, 0.29) is 5.97 Å². The molecular formula is C13H21BrO2. The fourth-order valence-corrected chi connectivity index (χ4v) is 2.91. The van der Waals surface area contributed by atoms with Crippen LogP contribution in [0, 0.1) is 11.8 Å². The van der Waals surface area contributed by atoms with Gasteiger partial charge in [-0.15, -0.1) is 0 Å². The van der Waals surface area contributed by atoms with Crippen molar-refractivity contribution in [3.8, 4) is 0 Å². The molecule has 1 aliphatic rings. The molecule has 0 N–H and O–H groups in total. The third-order valence-electron chi connectivity index (χ3n) is 3.10. The predicted octanol–water partition coefficient (Wildman–Crippen LogP) is 3.70. The largest absolute Gasteiger partial charge is 0.463 e. The highest BCUT2D eigenvalue weighted by Gasteiger charge is 2.30. The Balaban J connectivity index is 2.72. The van der Waals surface area contributed by atoms with Crippen LogP contribution in [-0.2, 0) is 9.53 Å². The number of esters is 1. The van der Waals surface area contributed by atoms with Gasteiger partial charge < -0.3 is 4.74 Å². The lowest BCUT2D eigenvalue weighted by Crippen LogP contribution is -2.28. The molecular weight excluding hydrogens is 268 g/mol. The van der Waals surface area contributed by atoms with Crippen molar-refractivity contribution in [1.82, 2.24) is 0 Å². The van der Waals surface area contributed by atoms with Crippen molar-refractivity contribution in [2.24, 2.45) is 11.8 Å². The van der Waals surface area contributed by atoms with E-state index in [1.54, 1.807) is 0 Å². The van der Waals surface area contributed by atoms with Crippen LogP contribution >= 0.6 is 15.9 Å². The van der Waals surface area contributed by atoms with Crippen molar-refractivity contribution in [2.75, 3.05) is 6.61 Å². The molecule has 1 rings (SSSR count). The zero-order chi connectivity index (χ0) is 12.1. The lowest BCUT2D eigenvalue weighted by Gasteiger charge is -2.31. The first-order valence-corrected chi connectivity index (χ1v) is 7.03. The number of carbonyl (C=O) groups is 1. The third-order valence-corrected chi connectivity index (χ3v) is 4.68. The molecule has 0 fully saturated rings. The number of rotatable bonds is 4. The molecule has 0 saturated carbocycles. The van der Waals surface area contributed by atoms with Gasteiger partial charge in [0.1, 0.15) is 0 Å². The predicted molar refractivity (Wildman–Crippen MR) is 69.6 cm³/mol. The highest BCUT2D eigenvalue weighted by molar-refractivity contribution is 9.09. The molecule has 3 atom stereocenters. The molecule has 0 spiro atoms. The summed E-state index contributed by atoms with van der Waals surface area (Å²) in [6.45, 7) is 6.65.